The average molecular weight is 253 g/mol. The molecule has 0 saturated carbocycles. The number of phenols is 1. The predicted octanol–water partition coefficient (Wildman–Crippen LogP) is 2.20. The van der Waals surface area contributed by atoms with E-state index >= 15 is 0 Å². The third kappa shape index (κ3) is 3.62. The van der Waals surface area contributed by atoms with Crippen LogP contribution in [0.5, 0.6) is 11.5 Å². The number of aliphatic hydroxyl groups is 1. The minimum atomic E-state index is -0.662. The molecule has 0 fully saturated rings. The highest BCUT2D eigenvalue weighted by molar-refractivity contribution is 5.47. The monoisotopic (exact) mass is 253 g/mol. The van der Waals surface area contributed by atoms with Crippen LogP contribution < -0.4 is 10.5 Å². The number of benzene rings is 1. The molecular formula is C14H23NO3. The summed E-state index contributed by atoms with van der Waals surface area (Å²) in [5.41, 5.74) is 6.50. The van der Waals surface area contributed by atoms with Crippen molar-refractivity contribution in [2.45, 2.75) is 38.8 Å². The van der Waals surface area contributed by atoms with Crippen molar-refractivity contribution in [1.29, 1.82) is 0 Å². The number of para-hydroxylation sites is 1. The second kappa shape index (κ2) is 6.61. The molecule has 2 atom stereocenters. The Balaban J connectivity index is 2.80. The SMILES string of the molecule is COc1cccc([C@@H](N)[C@@H](O)CCC(C)C)c1O. The van der Waals surface area contributed by atoms with Gasteiger partial charge >= 0.3 is 0 Å². The first-order chi connectivity index (χ1) is 8.47. The number of phenolic OH excluding ortho intramolecular Hbond substituents is 1. The lowest BCUT2D eigenvalue weighted by Crippen LogP contribution is -2.26. The van der Waals surface area contributed by atoms with Crippen molar-refractivity contribution < 1.29 is 14.9 Å². The van der Waals surface area contributed by atoms with E-state index < -0.39 is 12.1 Å². The Morgan fingerprint density at radius 2 is 1.94 bits per heavy atom. The zero-order valence-electron chi connectivity index (χ0n) is 11.3. The fraction of sp³-hybridized carbons (Fsp3) is 0.571. The zero-order valence-corrected chi connectivity index (χ0v) is 11.3. The molecule has 0 saturated heterocycles. The topological polar surface area (TPSA) is 75.7 Å². The Morgan fingerprint density at radius 1 is 1.28 bits per heavy atom. The van der Waals surface area contributed by atoms with Crippen LogP contribution in [0.15, 0.2) is 18.2 Å². The van der Waals surface area contributed by atoms with Gasteiger partial charge in [0, 0.05) is 5.56 Å². The summed E-state index contributed by atoms with van der Waals surface area (Å²) in [7, 11) is 1.49. The molecule has 4 N–H and O–H groups in total. The summed E-state index contributed by atoms with van der Waals surface area (Å²) in [5.74, 6) is 0.904. The molecule has 1 rings (SSSR count). The highest BCUT2D eigenvalue weighted by Gasteiger charge is 2.21. The van der Waals surface area contributed by atoms with Gasteiger partial charge in [0.2, 0.25) is 0 Å². The first kappa shape index (κ1) is 14.8. The summed E-state index contributed by atoms with van der Waals surface area (Å²) in [6.07, 6.45) is 0.861. The molecule has 102 valence electrons. The summed E-state index contributed by atoms with van der Waals surface area (Å²) < 4.78 is 5.03. The van der Waals surface area contributed by atoms with Gasteiger partial charge in [0.05, 0.1) is 19.3 Å². The average Bonchev–Trinajstić information content (AvgIpc) is 2.35. The van der Waals surface area contributed by atoms with Crippen molar-refractivity contribution in [2.75, 3.05) is 7.11 Å². The molecule has 0 spiro atoms. The zero-order chi connectivity index (χ0) is 13.7. The van der Waals surface area contributed by atoms with Crippen molar-refractivity contribution in [1.82, 2.24) is 0 Å². The normalized spacial score (nSPS) is 14.6. The molecule has 0 radical (unpaired) electrons. The Morgan fingerprint density at radius 3 is 2.50 bits per heavy atom. The molecule has 1 aromatic rings. The van der Waals surface area contributed by atoms with E-state index in [0.717, 1.165) is 6.42 Å². The van der Waals surface area contributed by atoms with Crippen LogP contribution in [0.1, 0.15) is 38.3 Å². The Hall–Kier alpha value is -1.26. The smallest absolute Gasteiger partial charge is 0.162 e. The third-order valence-corrected chi connectivity index (χ3v) is 3.06. The molecule has 0 amide bonds. The molecule has 0 heterocycles. The molecule has 4 heteroatoms. The standard InChI is InChI=1S/C14H23NO3/c1-9(2)7-8-11(16)13(15)10-5-4-6-12(18-3)14(10)17/h4-6,9,11,13,16-17H,7-8,15H2,1-3H3/t11-,13+/m0/s1. The summed E-state index contributed by atoms with van der Waals surface area (Å²) in [6.45, 7) is 4.20. The van der Waals surface area contributed by atoms with E-state index in [0.29, 0.717) is 23.7 Å². The minimum absolute atomic E-state index is 0.0103. The van der Waals surface area contributed by atoms with Crippen molar-refractivity contribution in [3.05, 3.63) is 23.8 Å². The van der Waals surface area contributed by atoms with E-state index in [2.05, 4.69) is 13.8 Å². The number of nitrogens with two attached hydrogens (primary N) is 1. The van der Waals surface area contributed by atoms with Crippen molar-refractivity contribution in [2.24, 2.45) is 11.7 Å². The van der Waals surface area contributed by atoms with E-state index in [1.807, 2.05) is 0 Å². The highest BCUT2D eigenvalue weighted by Crippen LogP contribution is 2.34. The van der Waals surface area contributed by atoms with Gasteiger partial charge in [-0.1, -0.05) is 26.0 Å². The third-order valence-electron chi connectivity index (χ3n) is 3.06. The van der Waals surface area contributed by atoms with Crippen LogP contribution in [0.2, 0.25) is 0 Å². The van der Waals surface area contributed by atoms with Crippen LogP contribution in [0.4, 0.5) is 0 Å². The van der Waals surface area contributed by atoms with Gasteiger partial charge in [-0.25, -0.2) is 0 Å². The van der Waals surface area contributed by atoms with Gasteiger partial charge < -0.3 is 20.7 Å². The fourth-order valence-corrected chi connectivity index (χ4v) is 1.86. The van der Waals surface area contributed by atoms with Gasteiger partial charge in [0.25, 0.3) is 0 Å². The molecule has 0 unspecified atom stereocenters. The molecule has 0 aliphatic rings. The highest BCUT2D eigenvalue weighted by atomic mass is 16.5. The molecule has 4 nitrogen and oxygen atoms in total. The van der Waals surface area contributed by atoms with Gasteiger partial charge in [0.15, 0.2) is 11.5 Å². The molecule has 1 aromatic carbocycles. The first-order valence-corrected chi connectivity index (χ1v) is 6.26. The lowest BCUT2D eigenvalue weighted by molar-refractivity contribution is 0.127. The van der Waals surface area contributed by atoms with Gasteiger partial charge in [-0.3, -0.25) is 0 Å². The van der Waals surface area contributed by atoms with E-state index in [1.165, 1.54) is 7.11 Å². The van der Waals surface area contributed by atoms with Gasteiger partial charge in [-0.05, 0) is 24.8 Å². The predicted molar refractivity (Wildman–Crippen MR) is 71.7 cm³/mol. The second-order valence-electron chi connectivity index (χ2n) is 4.96. The fourth-order valence-electron chi connectivity index (χ4n) is 1.86. The molecule has 18 heavy (non-hydrogen) atoms. The lowest BCUT2D eigenvalue weighted by atomic mass is 9.95. The summed E-state index contributed by atoms with van der Waals surface area (Å²) >= 11 is 0. The van der Waals surface area contributed by atoms with Crippen molar-refractivity contribution in [3.63, 3.8) is 0 Å². The summed E-state index contributed by atoms with van der Waals surface area (Å²) in [6, 6.07) is 4.52. The van der Waals surface area contributed by atoms with Crippen LogP contribution in [-0.2, 0) is 0 Å². The number of aromatic hydroxyl groups is 1. The Bertz CT molecular complexity index is 379. The number of methoxy groups -OCH3 is 1. The molecule has 0 aliphatic heterocycles. The number of hydrogen-bond acceptors (Lipinski definition) is 4. The first-order valence-electron chi connectivity index (χ1n) is 6.26. The van der Waals surface area contributed by atoms with Crippen molar-refractivity contribution in [3.8, 4) is 11.5 Å². The lowest BCUT2D eigenvalue weighted by Gasteiger charge is -2.21. The molecular weight excluding hydrogens is 230 g/mol. The number of aliphatic hydroxyl groups excluding tert-OH is 1. The second-order valence-corrected chi connectivity index (χ2v) is 4.96. The number of rotatable bonds is 6. The van der Waals surface area contributed by atoms with E-state index in [4.69, 9.17) is 10.5 Å². The maximum atomic E-state index is 10.0. The van der Waals surface area contributed by atoms with Crippen LogP contribution in [0, 0.1) is 5.92 Å². The maximum Gasteiger partial charge on any atom is 0.162 e. The van der Waals surface area contributed by atoms with Crippen molar-refractivity contribution >= 4 is 0 Å². The van der Waals surface area contributed by atoms with Crippen LogP contribution in [0.25, 0.3) is 0 Å². The Labute approximate surface area is 108 Å². The molecule has 0 aliphatic carbocycles. The van der Waals surface area contributed by atoms with Gasteiger partial charge in [-0.15, -0.1) is 0 Å². The quantitative estimate of drug-likeness (QED) is 0.726. The van der Waals surface area contributed by atoms with Crippen LogP contribution in [0.3, 0.4) is 0 Å². The van der Waals surface area contributed by atoms with Crippen LogP contribution >= 0.6 is 0 Å². The Kier molecular flexibility index (Phi) is 5.44. The minimum Gasteiger partial charge on any atom is -0.504 e. The number of hydrogen-bond donors (Lipinski definition) is 3. The van der Waals surface area contributed by atoms with Gasteiger partial charge in [-0.2, -0.15) is 0 Å². The molecule has 0 aromatic heterocycles. The molecule has 0 bridgehead atoms. The van der Waals surface area contributed by atoms with E-state index in [1.54, 1.807) is 18.2 Å². The van der Waals surface area contributed by atoms with Crippen LogP contribution in [-0.4, -0.2) is 23.4 Å². The largest absolute Gasteiger partial charge is 0.504 e. The number of ether oxygens (including phenoxy) is 1. The van der Waals surface area contributed by atoms with E-state index in [9.17, 15) is 10.2 Å². The van der Waals surface area contributed by atoms with E-state index in [-0.39, 0.29) is 5.75 Å². The summed E-state index contributed by atoms with van der Waals surface area (Å²) in [4.78, 5) is 0. The summed E-state index contributed by atoms with van der Waals surface area (Å²) in [5, 5.41) is 20.0. The maximum absolute atomic E-state index is 10.0. The van der Waals surface area contributed by atoms with Gasteiger partial charge in [0.1, 0.15) is 0 Å².